The minimum absolute atomic E-state index is 0.132. The van der Waals surface area contributed by atoms with Crippen LogP contribution >= 0.6 is 11.6 Å². The Morgan fingerprint density at radius 2 is 2.14 bits per heavy atom. The smallest absolute Gasteiger partial charge is 0.244 e. The molecule has 4 rings (SSSR count). The summed E-state index contributed by atoms with van der Waals surface area (Å²) in [5.41, 5.74) is 2.29. The summed E-state index contributed by atoms with van der Waals surface area (Å²) in [6, 6.07) is 13.1. The van der Waals surface area contributed by atoms with E-state index < -0.39 is 5.78 Å². The molecule has 0 aliphatic carbocycles. The monoisotopic (exact) mass is 409 g/mol. The quantitative estimate of drug-likeness (QED) is 0.286. The number of ketones is 1. The lowest BCUT2D eigenvalue weighted by Gasteiger charge is -2.10. The molecule has 0 amide bonds. The Bertz CT molecular complexity index is 1210. The van der Waals surface area contributed by atoms with Crippen LogP contribution in [0.2, 0.25) is 5.02 Å². The molecule has 146 valence electrons. The molecule has 2 aromatic carbocycles. The maximum absolute atomic E-state index is 12.2. The topological polar surface area (TPSA) is 106 Å². The molecule has 2 aromatic heterocycles. The van der Waals surface area contributed by atoms with Gasteiger partial charge in [0.2, 0.25) is 11.6 Å². The van der Waals surface area contributed by atoms with Crippen LogP contribution in [0.1, 0.15) is 21.7 Å². The van der Waals surface area contributed by atoms with Gasteiger partial charge in [-0.2, -0.15) is 5.21 Å². The minimum atomic E-state index is -0.566. The molecule has 0 bridgehead atoms. The maximum atomic E-state index is 12.2. The van der Waals surface area contributed by atoms with Crippen molar-refractivity contribution in [1.29, 1.82) is 0 Å². The van der Waals surface area contributed by atoms with Crippen LogP contribution in [0.25, 0.3) is 16.7 Å². The summed E-state index contributed by atoms with van der Waals surface area (Å²) in [5.74, 6) is -0.154. The van der Waals surface area contributed by atoms with Crippen LogP contribution in [-0.4, -0.2) is 43.2 Å². The molecule has 0 atom stereocenters. The molecule has 0 aliphatic rings. The van der Waals surface area contributed by atoms with Gasteiger partial charge in [0.15, 0.2) is 0 Å². The number of carbonyl (C=O) groups is 1. The summed E-state index contributed by atoms with van der Waals surface area (Å²) in [7, 11) is 1.62. The van der Waals surface area contributed by atoms with Crippen molar-refractivity contribution in [2.45, 2.75) is 6.54 Å². The van der Waals surface area contributed by atoms with Gasteiger partial charge in [-0.1, -0.05) is 29.8 Å². The SMILES string of the molecule is COc1ccccc1Cn1cc(/C(O)=C\C(=O)c2nn[nH]n2)c2cc(Cl)ccc21. The summed E-state index contributed by atoms with van der Waals surface area (Å²) in [6.45, 7) is 0.508. The number of H-pyrrole nitrogens is 1. The molecule has 0 spiro atoms. The zero-order valence-corrected chi connectivity index (χ0v) is 16.1. The van der Waals surface area contributed by atoms with Gasteiger partial charge in [0.05, 0.1) is 13.7 Å². The second-order valence-electron chi connectivity index (χ2n) is 6.27. The van der Waals surface area contributed by atoms with E-state index in [0.29, 0.717) is 22.5 Å². The number of hydrogen-bond donors (Lipinski definition) is 2. The molecule has 0 unspecified atom stereocenters. The van der Waals surface area contributed by atoms with Gasteiger partial charge in [0, 0.05) is 39.3 Å². The predicted molar refractivity (Wildman–Crippen MR) is 108 cm³/mol. The zero-order chi connectivity index (χ0) is 20.4. The van der Waals surface area contributed by atoms with E-state index in [0.717, 1.165) is 22.9 Å². The molecule has 0 saturated carbocycles. The summed E-state index contributed by atoms with van der Waals surface area (Å²) in [6.07, 6.45) is 2.83. The summed E-state index contributed by atoms with van der Waals surface area (Å²) >= 11 is 6.17. The van der Waals surface area contributed by atoms with E-state index in [1.807, 2.05) is 34.9 Å². The number of methoxy groups -OCH3 is 1. The first-order valence-corrected chi connectivity index (χ1v) is 9.03. The Balaban J connectivity index is 1.79. The van der Waals surface area contributed by atoms with Gasteiger partial charge in [0.1, 0.15) is 11.5 Å². The van der Waals surface area contributed by atoms with Crippen LogP contribution in [0, 0.1) is 0 Å². The largest absolute Gasteiger partial charge is 0.507 e. The molecular weight excluding hydrogens is 394 g/mol. The average molecular weight is 410 g/mol. The number of nitrogens with zero attached hydrogens (tertiary/aromatic N) is 4. The van der Waals surface area contributed by atoms with Crippen LogP contribution in [0.4, 0.5) is 0 Å². The Labute approximate surface area is 170 Å². The van der Waals surface area contributed by atoms with Crippen LogP contribution in [0.5, 0.6) is 5.75 Å². The third-order valence-electron chi connectivity index (χ3n) is 4.49. The lowest BCUT2D eigenvalue weighted by Crippen LogP contribution is -2.01. The van der Waals surface area contributed by atoms with E-state index in [9.17, 15) is 9.90 Å². The third kappa shape index (κ3) is 3.70. The Kier molecular flexibility index (Phi) is 5.01. The van der Waals surface area contributed by atoms with Crippen LogP contribution in [0.3, 0.4) is 0 Å². The number of ether oxygens (including phenoxy) is 1. The number of halogens is 1. The lowest BCUT2D eigenvalue weighted by atomic mass is 10.1. The normalized spacial score (nSPS) is 11.7. The molecule has 0 fully saturated rings. The molecule has 2 heterocycles. The lowest BCUT2D eigenvalue weighted by molar-refractivity contribution is 0.103. The highest BCUT2D eigenvalue weighted by molar-refractivity contribution is 6.31. The number of aliphatic hydroxyl groups excluding tert-OH is 1. The molecule has 29 heavy (non-hydrogen) atoms. The second kappa shape index (κ2) is 7.76. The molecule has 9 heteroatoms. The molecule has 8 nitrogen and oxygen atoms in total. The van der Waals surface area contributed by atoms with Crippen LogP contribution in [0.15, 0.2) is 54.7 Å². The number of para-hydroxylation sites is 1. The first-order chi connectivity index (χ1) is 14.1. The van der Waals surface area contributed by atoms with E-state index in [1.54, 1.807) is 25.4 Å². The van der Waals surface area contributed by atoms with Gasteiger partial charge < -0.3 is 14.4 Å². The minimum Gasteiger partial charge on any atom is -0.507 e. The Morgan fingerprint density at radius 1 is 1.31 bits per heavy atom. The number of tetrazole rings is 1. The molecule has 0 saturated heterocycles. The maximum Gasteiger partial charge on any atom is 0.244 e. The summed E-state index contributed by atoms with van der Waals surface area (Å²) in [4.78, 5) is 12.2. The Morgan fingerprint density at radius 3 is 2.90 bits per heavy atom. The van der Waals surface area contributed by atoms with E-state index in [-0.39, 0.29) is 11.6 Å². The van der Waals surface area contributed by atoms with E-state index >= 15 is 0 Å². The number of aliphatic hydroxyl groups is 1. The first kappa shape index (κ1) is 18.7. The van der Waals surface area contributed by atoms with Crippen molar-refractivity contribution in [3.8, 4) is 5.75 Å². The molecule has 0 aliphatic heterocycles. The van der Waals surface area contributed by atoms with Gasteiger partial charge >= 0.3 is 0 Å². The molecule has 0 radical (unpaired) electrons. The van der Waals surface area contributed by atoms with Crippen molar-refractivity contribution < 1.29 is 14.6 Å². The van der Waals surface area contributed by atoms with Crippen molar-refractivity contribution in [3.63, 3.8) is 0 Å². The average Bonchev–Trinajstić information content (AvgIpc) is 3.37. The first-order valence-electron chi connectivity index (χ1n) is 8.66. The fraction of sp³-hybridized carbons (Fsp3) is 0.100. The highest BCUT2D eigenvalue weighted by Crippen LogP contribution is 2.30. The summed E-state index contributed by atoms with van der Waals surface area (Å²) in [5, 5.41) is 24.7. The number of hydrogen-bond acceptors (Lipinski definition) is 6. The van der Waals surface area contributed by atoms with Crippen molar-refractivity contribution in [3.05, 3.63) is 76.7 Å². The van der Waals surface area contributed by atoms with Gasteiger partial charge in [-0.15, -0.1) is 10.2 Å². The van der Waals surface area contributed by atoms with Crippen molar-refractivity contribution in [1.82, 2.24) is 25.2 Å². The number of allylic oxidation sites excluding steroid dienone is 1. The standard InChI is InChI=1S/C20H16ClN5O3/c1-29-19-5-3-2-4-12(19)10-26-11-15(14-8-13(21)6-7-16(14)26)17(27)9-18(28)20-22-24-25-23-20/h2-9,11,27H,10H2,1H3,(H,22,23,24,25)/b17-9+. The van der Waals surface area contributed by atoms with Gasteiger partial charge in [-0.3, -0.25) is 4.79 Å². The number of aromatic nitrogens is 5. The highest BCUT2D eigenvalue weighted by Gasteiger charge is 2.16. The van der Waals surface area contributed by atoms with Gasteiger partial charge in [-0.25, -0.2) is 0 Å². The number of aromatic amines is 1. The van der Waals surface area contributed by atoms with Crippen LogP contribution in [-0.2, 0) is 6.54 Å². The number of fused-ring (bicyclic) bond motifs is 1. The molecule has 2 N–H and O–H groups in total. The van der Waals surface area contributed by atoms with Gasteiger partial charge in [0.25, 0.3) is 0 Å². The van der Waals surface area contributed by atoms with Crippen molar-refractivity contribution >= 4 is 34.0 Å². The number of carbonyl (C=O) groups excluding carboxylic acids is 1. The second-order valence-corrected chi connectivity index (χ2v) is 6.71. The van der Waals surface area contributed by atoms with E-state index in [1.165, 1.54) is 0 Å². The number of nitrogens with one attached hydrogen (secondary N) is 1. The fourth-order valence-corrected chi connectivity index (χ4v) is 3.33. The molecule has 4 aromatic rings. The zero-order valence-electron chi connectivity index (χ0n) is 15.3. The van der Waals surface area contributed by atoms with Crippen molar-refractivity contribution in [2.75, 3.05) is 7.11 Å². The summed E-state index contributed by atoms with van der Waals surface area (Å²) < 4.78 is 7.39. The predicted octanol–water partition coefficient (Wildman–Crippen LogP) is 3.65. The molecular formula is C20H16ClN5O3. The van der Waals surface area contributed by atoms with E-state index in [4.69, 9.17) is 16.3 Å². The number of rotatable bonds is 6. The van der Waals surface area contributed by atoms with E-state index in [2.05, 4.69) is 20.6 Å². The van der Waals surface area contributed by atoms with Crippen molar-refractivity contribution in [2.24, 2.45) is 0 Å². The van der Waals surface area contributed by atoms with Gasteiger partial charge in [-0.05, 0) is 29.5 Å². The highest BCUT2D eigenvalue weighted by atomic mass is 35.5. The Hall–Kier alpha value is -3.65. The third-order valence-corrected chi connectivity index (χ3v) is 4.72. The number of benzene rings is 2. The van der Waals surface area contributed by atoms with Crippen LogP contribution < -0.4 is 4.74 Å². The fourth-order valence-electron chi connectivity index (χ4n) is 3.15.